The molecule has 0 bridgehead atoms. The molecule has 88 valence electrons. The largest absolute Gasteiger partial charge is 0.397 e. The summed E-state index contributed by atoms with van der Waals surface area (Å²) in [5.74, 6) is -0.989. The Bertz CT molecular complexity index is 243. The van der Waals surface area contributed by atoms with Crippen LogP contribution in [0.5, 0.6) is 0 Å². The van der Waals surface area contributed by atoms with E-state index in [9.17, 15) is 18.0 Å². The van der Waals surface area contributed by atoms with Crippen LogP contribution in [-0.4, -0.2) is 35.1 Å². The molecule has 2 N–H and O–H groups in total. The Balaban J connectivity index is 4.35. The number of rotatable bonds is 5. The molecule has 1 amide bonds. The van der Waals surface area contributed by atoms with Crippen LogP contribution in [0.15, 0.2) is 0 Å². The zero-order valence-corrected chi connectivity index (χ0v) is 9.12. The van der Waals surface area contributed by atoms with E-state index in [1.807, 2.05) is 0 Å². The van der Waals surface area contributed by atoms with Crippen molar-refractivity contribution in [2.75, 3.05) is 13.1 Å². The van der Waals surface area contributed by atoms with Gasteiger partial charge in [0.15, 0.2) is 0 Å². The van der Waals surface area contributed by atoms with E-state index in [1.54, 1.807) is 6.92 Å². The normalized spacial score (nSPS) is 11.2. The topological polar surface area (TPSA) is 46.3 Å². The molecular formula is C8H13F3N2OS. The van der Waals surface area contributed by atoms with Gasteiger partial charge in [0.05, 0.1) is 11.5 Å². The predicted molar refractivity (Wildman–Crippen MR) is 54.3 cm³/mol. The third-order valence-corrected chi connectivity index (χ3v) is 1.67. The Labute approximate surface area is 91.4 Å². The molecule has 15 heavy (non-hydrogen) atoms. The van der Waals surface area contributed by atoms with Crippen molar-refractivity contribution in [3.8, 4) is 0 Å². The molecule has 0 radical (unpaired) electrons. The van der Waals surface area contributed by atoms with E-state index >= 15 is 0 Å². The van der Waals surface area contributed by atoms with Crippen LogP contribution in [0.2, 0.25) is 0 Å². The predicted octanol–water partition coefficient (Wildman–Crippen LogP) is 1.46. The maximum atomic E-state index is 11.9. The molecule has 0 aliphatic carbocycles. The molecule has 0 saturated heterocycles. The van der Waals surface area contributed by atoms with Gasteiger partial charge in [0.2, 0.25) is 5.91 Å². The average molecular weight is 242 g/mol. The van der Waals surface area contributed by atoms with Crippen molar-refractivity contribution in [2.24, 2.45) is 5.73 Å². The fraction of sp³-hybridized carbons (Fsp3) is 0.750. The standard InChI is InChI=1S/C8H13F3N2OS/c1-2-3-13(5-6(12)15)7(14)4-8(9,10)11/h2-5H2,1H3,(H2,12,15). The molecule has 0 aromatic rings. The Morgan fingerprint density at radius 3 is 2.33 bits per heavy atom. The molecule has 0 aromatic heterocycles. The van der Waals surface area contributed by atoms with E-state index in [1.165, 1.54) is 0 Å². The summed E-state index contributed by atoms with van der Waals surface area (Å²) in [5, 5.41) is 0. The highest BCUT2D eigenvalue weighted by Gasteiger charge is 2.33. The van der Waals surface area contributed by atoms with E-state index in [4.69, 9.17) is 5.73 Å². The van der Waals surface area contributed by atoms with Gasteiger partial charge in [0.1, 0.15) is 6.42 Å². The lowest BCUT2D eigenvalue weighted by Crippen LogP contribution is -2.40. The van der Waals surface area contributed by atoms with Crippen LogP contribution >= 0.6 is 12.2 Å². The second-order valence-corrected chi connectivity index (χ2v) is 3.60. The van der Waals surface area contributed by atoms with Crippen LogP contribution in [0, 0.1) is 0 Å². The molecule has 0 saturated carbocycles. The van der Waals surface area contributed by atoms with Crippen molar-refractivity contribution in [3.63, 3.8) is 0 Å². The first-order valence-electron chi connectivity index (χ1n) is 4.39. The molecule has 0 atom stereocenters. The number of nitrogens with two attached hydrogens (primary N) is 1. The van der Waals surface area contributed by atoms with Gasteiger partial charge >= 0.3 is 6.18 Å². The van der Waals surface area contributed by atoms with Gasteiger partial charge < -0.3 is 10.6 Å². The molecule has 0 heterocycles. The lowest BCUT2D eigenvalue weighted by molar-refractivity contribution is -0.160. The van der Waals surface area contributed by atoms with Crippen LogP contribution in [0.3, 0.4) is 0 Å². The summed E-state index contributed by atoms with van der Waals surface area (Å²) in [6.45, 7) is 1.89. The zero-order valence-electron chi connectivity index (χ0n) is 8.30. The van der Waals surface area contributed by atoms with Gasteiger partial charge in [-0.25, -0.2) is 0 Å². The van der Waals surface area contributed by atoms with Gasteiger partial charge in [0.25, 0.3) is 0 Å². The van der Waals surface area contributed by atoms with E-state index < -0.39 is 18.5 Å². The summed E-state index contributed by atoms with van der Waals surface area (Å²) in [7, 11) is 0. The third kappa shape index (κ3) is 7.12. The van der Waals surface area contributed by atoms with Crippen LogP contribution in [0.4, 0.5) is 13.2 Å². The van der Waals surface area contributed by atoms with Crippen molar-refractivity contribution in [1.29, 1.82) is 0 Å². The van der Waals surface area contributed by atoms with E-state index in [2.05, 4.69) is 12.2 Å². The molecule has 0 spiro atoms. The first kappa shape index (κ1) is 14.2. The maximum absolute atomic E-state index is 11.9. The summed E-state index contributed by atoms with van der Waals surface area (Å²) in [5.41, 5.74) is 5.18. The van der Waals surface area contributed by atoms with E-state index in [0.29, 0.717) is 6.42 Å². The monoisotopic (exact) mass is 242 g/mol. The average Bonchev–Trinajstić information content (AvgIpc) is 1.99. The Morgan fingerprint density at radius 1 is 1.47 bits per heavy atom. The molecule has 0 fully saturated rings. The number of thiocarbonyl (C=S) groups is 1. The summed E-state index contributed by atoms with van der Waals surface area (Å²) in [6.07, 6.45) is -5.39. The summed E-state index contributed by atoms with van der Waals surface area (Å²) < 4.78 is 35.8. The van der Waals surface area contributed by atoms with Crippen molar-refractivity contribution >= 4 is 23.1 Å². The van der Waals surface area contributed by atoms with Crippen molar-refractivity contribution in [1.82, 2.24) is 4.90 Å². The fourth-order valence-corrected chi connectivity index (χ4v) is 1.19. The third-order valence-electron chi connectivity index (χ3n) is 1.54. The highest BCUT2D eigenvalue weighted by Crippen LogP contribution is 2.20. The second kappa shape index (κ2) is 5.89. The summed E-state index contributed by atoms with van der Waals surface area (Å²) >= 11 is 4.55. The second-order valence-electron chi connectivity index (χ2n) is 3.07. The van der Waals surface area contributed by atoms with Crippen LogP contribution < -0.4 is 5.73 Å². The van der Waals surface area contributed by atoms with Gasteiger partial charge in [-0.1, -0.05) is 19.1 Å². The molecule has 7 heteroatoms. The quantitative estimate of drug-likeness (QED) is 0.742. The lowest BCUT2D eigenvalue weighted by Gasteiger charge is -2.21. The SMILES string of the molecule is CCCN(CC(N)=S)C(=O)CC(F)(F)F. The molecular weight excluding hydrogens is 229 g/mol. The minimum absolute atomic E-state index is 0.0129. The number of amides is 1. The van der Waals surface area contributed by atoms with Crippen LogP contribution in [0.1, 0.15) is 19.8 Å². The highest BCUT2D eigenvalue weighted by molar-refractivity contribution is 7.80. The van der Waals surface area contributed by atoms with Gasteiger partial charge in [0, 0.05) is 6.54 Å². The Kier molecular flexibility index (Phi) is 5.56. The first-order valence-corrected chi connectivity index (χ1v) is 4.80. The summed E-state index contributed by atoms with van der Waals surface area (Å²) in [6, 6.07) is 0. The van der Waals surface area contributed by atoms with Crippen molar-refractivity contribution in [2.45, 2.75) is 25.9 Å². The number of alkyl halides is 3. The summed E-state index contributed by atoms with van der Waals surface area (Å²) in [4.78, 5) is 12.2. The molecule has 3 nitrogen and oxygen atoms in total. The minimum atomic E-state index is -4.49. The zero-order chi connectivity index (χ0) is 12.1. The van der Waals surface area contributed by atoms with E-state index in [-0.39, 0.29) is 18.1 Å². The Morgan fingerprint density at radius 2 is 2.00 bits per heavy atom. The van der Waals surface area contributed by atoms with Crippen molar-refractivity contribution in [3.05, 3.63) is 0 Å². The van der Waals surface area contributed by atoms with Crippen LogP contribution in [0.25, 0.3) is 0 Å². The number of carbonyl (C=O) groups is 1. The number of hydrogen-bond donors (Lipinski definition) is 1. The molecule has 0 aromatic carbocycles. The number of nitrogens with zero attached hydrogens (tertiary/aromatic N) is 1. The smallest absolute Gasteiger partial charge is 0.392 e. The molecule has 0 aliphatic rings. The van der Waals surface area contributed by atoms with Gasteiger partial charge in [-0.15, -0.1) is 0 Å². The first-order chi connectivity index (χ1) is 6.76. The molecule has 0 aliphatic heterocycles. The minimum Gasteiger partial charge on any atom is -0.392 e. The lowest BCUT2D eigenvalue weighted by atomic mass is 10.3. The van der Waals surface area contributed by atoms with Gasteiger partial charge in [-0.2, -0.15) is 13.2 Å². The van der Waals surface area contributed by atoms with Gasteiger partial charge in [-0.3, -0.25) is 4.79 Å². The van der Waals surface area contributed by atoms with Crippen molar-refractivity contribution < 1.29 is 18.0 Å². The molecule has 0 rings (SSSR count). The Hall–Kier alpha value is -0.850. The number of halogens is 3. The fourth-order valence-electron chi connectivity index (χ4n) is 1.03. The highest BCUT2D eigenvalue weighted by atomic mass is 32.1. The maximum Gasteiger partial charge on any atom is 0.397 e. The van der Waals surface area contributed by atoms with Crippen LogP contribution in [-0.2, 0) is 4.79 Å². The number of carbonyl (C=O) groups excluding carboxylic acids is 1. The molecule has 0 unspecified atom stereocenters. The number of hydrogen-bond acceptors (Lipinski definition) is 2. The van der Waals surface area contributed by atoms with Gasteiger partial charge in [-0.05, 0) is 6.42 Å². The van der Waals surface area contributed by atoms with E-state index in [0.717, 1.165) is 4.90 Å².